The second kappa shape index (κ2) is 11.5. The van der Waals surface area contributed by atoms with Crippen LogP contribution < -0.4 is 16.4 Å². The second-order valence-electron chi connectivity index (χ2n) is 10.5. The number of carbonyl (C=O) groups is 4. The van der Waals surface area contributed by atoms with Crippen molar-refractivity contribution >= 4 is 29.3 Å². The van der Waals surface area contributed by atoms with E-state index >= 15 is 0 Å². The lowest BCUT2D eigenvalue weighted by atomic mass is 9.73. The third-order valence-corrected chi connectivity index (χ3v) is 7.63. The molecule has 3 fully saturated rings. The van der Waals surface area contributed by atoms with Gasteiger partial charge in [0.25, 0.3) is 11.8 Å². The van der Waals surface area contributed by atoms with E-state index in [1.807, 2.05) is 0 Å². The molecule has 12 heteroatoms. The summed E-state index contributed by atoms with van der Waals surface area (Å²) in [5.41, 5.74) is 6.93. The van der Waals surface area contributed by atoms with Gasteiger partial charge in [0.1, 0.15) is 6.04 Å². The third kappa shape index (κ3) is 5.45. The van der Waals surface area contributed by atoms with Crippen molar-refractivity contribution < 1.29 is 28.7 Å². The van der Waals surface area contributed by atoms with Gasteiger partial charge in [-0.2, -0.15) is 0 Å². The summed E-state index contributed by atoms with van der Waals surface area (Å²) >= 11 is 0. The van der Waals surface area contributed by atoms with Crippen molar-refractivity contribution in [3.63, 3.8) is 0 Å². The molecule has 1 unspecified atom stereocenters. The van der Waals surface area contributed by atoms with E-state index < -0.39 is 29.7 Å². The van der Waals surface area contributed by atoms with Gasteiger partial charge in [-0.05, 0) is 18.6 Å². The molecule has 4 amide bonds. The van der Waals surface area contributed by atoms with Crippen molar-refractivity contribution in [2.45, 2.75) is 18.9 Å². The molecule has 4 N–H and O–H groups in total. The molecule has 0 radical (unpaired) electrons. The number of hydrogen-bond acceptors (Lipinski definition) is 10. The molecule has 206 valence electrons. The monoisotopic (exact) mass is 528 g/mol. The van der Waals surface area contributed by atoms with Crippen molar-refractivity contribution in [3.05, 3.63) is 29.3 Å². The Kier molecular flexibility index (Phi) is 8.05. The molecule has 4 aliphatic heterocycles. The predicted molar refractivity (Wildman–Crippen MR) is 138 cm³/mol. The summed E-state index contributed by atoms with van der Waals surface area (Å²) in [5.74, 6) is -2.04. The number of piperidine rings is 1. The highest BCUT2D eigenvalue weighted by Gasteiger charge is 2.51. The Balaban J connectivity index is 1.00. The molecule has 3 saturated heterocycles. The Bertz CT molecular complexity index is 1080. The van der Waals surface area contributed by atoms with Crippen molar-refractivity contribution in [2.24, 2.45) is 11.1 Å². The van der Waals surface area contributed by atoms with E-state index in [9.17, 15) is 19.2 Å². The molecule has 4 heterocycles. The Hall–Kier alpha value is -2.90. The van der Waals surface area contributed by atoms with Crippen molar-refractivity contribution in [1.82, 2.24) is 20.0 Å². The van der Waals surface area contributed by atoms with Gasteiger partial charge in [-0.15, -0.1) is 0 Å². The molecule has 0 bridgehead atoms. The number of imide groups is 2. The summed E-state index contributed by atoms with van der Waals surface area (Å²) in [6, 6.07) is 4.05. The average Bonchev–Trinajstić information content (AvgIpc) is 3.10. The van der Waals surface area contributed by atoms with Crippen molar-refractivity contribution in [2.75, 3.05) is 84.1 Å². The Morgan fingerprint density at radius 1 is 0.947 bits per heavy atom. The summed E-state index contributed by atoms with van der Waals surface area (Å²) < 4.78 is 11.3. The van der Waals surface area contributed by atoms with E-state index in [1.54, 1.807) is 18.2 Å². The summed E-state index contributed by atoms with van der Waals surface area (Å²) in [4.78, 5) is 55.6. The van der Waals surface area contributed by atoms with Gasteiger partial charge in [0.05, 0.1) is 37.6 Å². The highest BCUT2D eigenvalue weighted by atomic mass is 16.5. The minimum absolute atomic E-state index is 0.0914. The Morgan fingerprint density at radius 3 is 2.29 bits per heavy atom. The van der Waals surface area contributed by atoms with Gasteiger partial charge in [-0.3, -0.25) is 39.2 Å². The molecule has 0 saturated carbocycles. The minimum Gasteiger partial charge on any atom is -0.382 e. The van der Waals surface area contributed by atoms with Crippen LogP contribution in [0.1, 0.15) is 33.6 Å². The highest BCUT2D eigenvalue weighted by Crippen LogP contribution is 2.39. The smallest absolute Gasteiger partial charge is 0.264 e. The fraction of sp³-hybridized carbons (Fsp3) is 0.615. The van der Waals surface area contributed by atoms with Crippen LogP contribution in [0.4, 0.5) is 5.69 Å². The number of benzene rings is 1. The topological polar surface area (TPSA) is 147 Å². The first-order chi connectivity index (χ1) is 18.4. The molecule has 0 aromatic heterocycles. The Morgan fingerprint density at radius 2 is 1.63 bits per heavy atom. The lowest BCUT2D eigenvalue weighted by molar-refractivity contribution is -0.136. The van der Waals surface area contributed by atoms with Gasteiger partial charge in [0, 0.05) is 69.9 Å². The zero-order valence-electron chi connectivity index (χ0n) is 21.6. The molecule has 38 heavy (non-hydrogen) atoms. The summed E-state index contributed by atoms with van der Waals surface area (Å²) in [6.45, 7) is 9.80. The van der Waals surface area contributed by atoms with Crippen LogP contribution in [0.5, 0.6) is 0 Å². The minimum atomic E-state index is -0.977. The highest BCUT2D eigenvalue weighted by molar-refractivity contribution is 6.25. The van der Waals surface area contributed by atoms with Gasteiger partial charge >= 0.3 is 0 Å². The van der Waals surface area contributed by atoms with Crippen LogP contribution in [-0.4, -0.2) is 123 Å². The fourth-order valence-corrected chi connectivity index (χ4v) is 5.92. The largest absolute Gasteiger partial charge is 0.382 e. The quantitative estimate of drug-likeness (QED) is 0.218. The first-order valence-corrected chi connectivity index (χ1v) is 13.3. The van der Waals surface area contributed by atoms with Crippen LogP contribution >= 0.6 is 0 Å². The first-order valence-electron chi connectivity index (χ1n) is 13.3. The molecule has 0 aliphatic carbocycles. The normalized spacial score (nSPS) is 22.9. The molecular weight excluding hydrogens is 492 g/mol. The summed E-state index contributed by atoms with van der Waals surface area (Å²) in [6.07, 6.45) is 0.224. The van der Waals surface area contributed by atoms with Crippen LogP contribution in [0.3, 0.4) is 0 Å². The average molecular weight is 529 g/mol. The number of nitrogens with one attached hydrogen (secondary N) is 2. The number of hydrogen-bond donors (Lipinski definition) is 3. The molecule has 1 atom stereocenters. The second-order valence-corrected chi connectivity index (χ2v) is 10.5. The van der Waals surface area contributed by atoms with E-state index in [0.717, 1.165) is 50.8 Å². The number of anilines is 1. The van der Waals surface area contributed by atoms with Crippen LogP contribution in [0.15, 0.2) is 18.2 Å². The third-order valence-electron chi connectivity index (χ3n) is 7.63. The number of carbonyl (C=O) groups excluding carboxylic acids is 4. The number of amides is 4. The number of nitrogens with two attached hydrogens (primary N) is 1. The standard InChI is InChI=1S/C26H36N6O6/c27-6-10-37-12-8-30-14-26(15-30)16-31(17-26)9-13-38-11-7-28-19-3-1-2-18-22(19)25(36)32(24(18)35)20-4-5-21(33)29-23(20)34/h1-3,20,28H,4-17,27H2,(H,29,33,34). The number of fused-ring (bicyclic) bond motifs is 1. The van der Waals surface area contributed by atoms with E-state index in [-0.39, 0.29) is 24.0 Å². The zero-order chi connectivity index (χ0) is 26.7. The van der Waals surface area contributed by atoms with Gasteiger partial charge in [0.15, 0.2) is 0 Å². The Labute approximate surface area is 221 Å². The zero-order valence-corrected chi connectivity index (χ0v) is 21.6. The molecule has 4 aliphatic rings. The van der Waals surface area contributed by atoms with Crippen LogP contribution in [-0.2, 0) is 19.1 Å². The molecule has 5 rings (SSSR count). The van der Waals surface area contributed by atoms with Gasteiger partial charge in [-0.25, -0.2) is 0 Å². The van der Waals surface area contributed by atoms with Crippen molar-refractivity contribution in [3.8, 4) is 0 Å². The van der Waals surface area contributed by atoms with Gasteiger partial charge < -0.3 is 20.5 Å². The van der Waals surface area contributed by atoms with Gasteiger partial charge in [-0.1, -0.05) is 6.07 Å². The molecule has 12 nitrogen and oxygen atoms in total. The number of nitrogens with zero attached hydrogens (tertiary/aromatic N) is 3. The van der Waals surface area contributed by atoms with Crippen LogP contribution in [0.25, 0.3) is 0 Å². The first kappa shape index (κ1) is 26.7. The van der Waals surface area contributed by atoms with E-state index in [2.05, 4.69) is 20.4 Å². The maximum absolute atomic E-state index is 13.1. The van der Waals surface area contributed by atoms with E-state index in [1.165, 1.54) is 0 Å². The number of likely N-dealkylation sites (tertiary alicyclic amines) is 2. The molecule has 1 aromatic rings. The number of rotatable bonds is 13. The number of ether oxygens (including phenoxy) is 2. The van der Waals surface area contributed by atoms with Crippen molar-refractivity contribution in [1.29, 1.82) is 0 Å². The molecule has 1 spiro atoms. The fourth-order valence-electron chi connectivity index (χ4n) is 5.92. The van der Waals surface area contributed by atoms with Gasteiger partial charge in [0.2, 0.25) is 11.8 Å². The van der Waals surface area contributed by atoms with Crippen LogP contribution in [0, 0.1) is 5.41 Å². The molecular formula is C26H36N6O6. The van der Waals surface area contributed by atoms with E-state index in [0.29, 0.717) is 44.0 Å². The lowest BCUT2D eigenvalue weighted by Gasteiger charge is -2.60. The maximum atomic E-state index is 13.1. The molecule has 1 aromatic carbocycles. The maximum Gasteiger partial charge on any atom is 0.264 e. The SMILES string of the molecule is NCCOCCN1CC2(C1)CN(CCOCCNc1cccc3c1C(=O)N(C1CCC(=O)NC1=O)C3=O)C2. The lowest BCUT2D eigenvalue weighted by Crippen LogP contribution is -2.72. The van der Waals surface area contributed by atoms with Crippen LogP contribution in [0.2, 0.25) is 0 Å². The summed E-state index contributed by atoms with van der Waals surface area (Å²) in [5, 5.41) is 5.41. The predicted octanol–water partition coefficient (Wildman–Crippen LogP) is -0.891. The van der Waals surface area contributed by atoms with E-state index in [4.69, 9.17) is 15.2 Å². The summed E-state index contributed by atoms with van der Waals surface area (Å²) in [7, 11) is 0.